The molecule has 0 aliphatic rings. The van der Waals surface area contributed by atoms with E-state index in [1.54, 1.807) is 12.3 Å². The monoisotopic (exact) mass is 367 g/mol. The van der Waals surface area contributed by atoms with E-state index < -0.39 is 0 Å². The summed E-state index contributed by atoms with van der Waals surface area (Å²) in [6.45, 7) is 2.28. The lowest BCUT2D eigenvalue weighted by Crippen LogP contribution is -2.14. The molecule has 0 saturated heterocycles. The van der Waals surface area contributed by atoms with Crippen molar-refractivity contribution in [3.63, 3.8) is 0 Å². The van der Waals surface area contributed by atoms with Gasteiger partial charge in [-0.15, -0.1) is 0 Å². The van der Waals surface area contributed by atoms with Crippen molar-refractivity contribution >= 4 is 0 Å². The van der Waals surface area contributed by atoms with E-state index in [4.69, 9.17) is 4.74 Å². The first-order chi connectivity index (χ1) is 13.7. The van der Waals surface area contributed by atoms with Crippen LogP contribution in [0.1, 0.15) is 11.3 Å². The van der Waals surface area contributed by atoms with Gasteiger partial charge in [-0.05, 0) is 35.7 Å². The maximum atomic E-state index is 12.4. The normalized spacial score (nSPS) is 10.6. The third-order valence-corrected chi connectivity index (χ3v) is 4.75. The molecule has 1 heterocycles. The van der Waals surface area contributed by atoms with E-state index in [0.29, 0.717) is 12.4 Å². The minimum Gasteiger partial charge on any atom is -0.483 e. The van der Waals surface area contributed by atoms with Gasteiger partial charge in [0, 0.05) is 18.0 Å². The lowest BCUT2D eigenvalue weighted by atomic mass is 10.1. The highest BCUT2D eigenvalue weighted by molar-refractivity contribution is 5.66. The molecule has 3 nitrogen and oxygen atoms in total. The van der Waals surface area contributed by atoms with Gasteiger partial charge in [0.05, 0.1) is 5.69 Å². The van der Waals surface area contributed by atoms with Crippen molar-refractivity contribution in [1.82, 2.24) is 4.57 Å². The molecule has 3 heteroatoms. The summed E-state index contributed by atoms with van der Waals surface area (Å²) in [5.41, 5.74) is 4.98. The molecule has 0 aliphatic carbocycles. The Kier molecular flexibility index (Phi) is 5.07. The van der Waals surface area contributed by atoms with Crippen LogP contribution in [0.2, 0.25) is 0 Å². The van der Waals surface area contributed by atoms with Crippen LogP contribution >= 0.6 is 0 Å². The molecule has 28 heavy (non-hydrogen) atoms. The molecule has 0 bridgehead atoms. The fourth-order valence-corrected chi connectivity index (χ4v) is 3.27. The van der Waals surface area contributed by atoms with Crippen LogP contribution in [0.15, 0.2) is 102 Å². The number of rotatable bonds is 5. The van der Waals surface area contributed by atoms with E-state index in [0.717, 1.165) is 28.1 Å². The average molecular weight is 367 g/mol. The van der Waals surface area contributed by atoms with Gasteiger partial charge in [0.25, 0.3) is 0 Å². The molecule has 0 fully saturated rings. The zero-order chi connectivity index (χ0) is 19.3. The van der Waals surface area contributed by atoms with Gasteiger partial charge in [-0.2, -0.15) is 0 Å². The molecule has 1 aromatic heterocycles. The molecule has 0 saturated carbocycles. The number of pyridine rings is 1. The smallest absolute Gasteiger partial charge is 0.223 e. The van der Waals surface area contributed by atoms with Crippen molar-refractivity contribution in [3.05, 3.63) is 119 Å². The number of ether oxygens (including phenoxy) is 1. The lowest BCUT2D eigenvalue weighted by molar-refractivity contribution is 0.298. The molecule has 0 spiro atoms. The van der Waals surface area contributed by atoms with Crippen LogP contribution in [0, 0.1) is 6.92 Å². The number of hydrogen-bond donors (Lipinski definition) is 0. The van der Waals surface area contributed by atoms with Gasteiger partial charge in [-0.3, -0.25) is 4.79 Å². The van der Waals surface area contributed by atoms with E-state index in [1.165, 1.54) is 0 Å². The van der Waals surface area contributed by atoms with Gasteiger partial charge in [-0.25, -0.2) is 0 Å². The predicted octanol–water partition coefficient (Wildman–Crippen LogP) is 5.39. The van der Waals surface area contributed by atoms with Gasteiger partial charge in [0.15, 0.2) is 5.75 Å². The van der Waals surface area contributed by atoms with Crippen LogP contribution in [-0.4, -0.2) is 4.57 Å². The number of hydrogen-bond acceptors (Lipinski definition) is 2. The predicted molar refractivity (Wildman–Crippen MR) is 113 cm³/mol. The summed E-state index contributed by atoms with van der Waals surface area (Å²) in [5.74, 6) is 0.386. The van der Waals surface area contributed by atoms with Crippen molar-refractivity contribution in [2.45, 2.75) is 13.5 Å². The summed E-state index contributed by atoms with van der Waals surface area (Å²) in [7, 11) is 0. The molecule has 0 amide bonds. The Balaban J connectivity index is 1.68. The Morgan fingerprint density at radius 3 is 2.21 bits per heavy atom. The van der Waals surface area contributed by atoms with Crippen LogP contribution < -0.4 is 10.2 Å². The maximum Gasteiger partial charge on any atom is 0.223 e. The minimum atomic E-state index is -0.108. The van der Waals surface area contributed by atoms with E-state index >= 15 is 0 Å². The highest BCUT2D eigenvalue weighted by Crippen LogP contribution is 2.24. The van der Waals surface area contributed by atoms with Crippen molar-refractivity contribution in [2.75, 3.05) is 0 Å². The highest BCUT2D eigenvalue weighted by Gasteiger charge is 2.11. The lowest BCUT2D eigenvalue weighted by Gasteiger charge is -2.16. The molecule has 0 atom stereocenters. The minimum absolute atomic E-state index is 0.108. The molecule has 3 aromatic carbocycles. The maximum absolute atomic E-state index is 12.4. The molecule has 4 aromatic rings. The summed E-state index contributed by atoms with van der Waals surface area (Å²) in [4.78, 5) is 12.4. The Morgan fingerprint density at radius 2 is 1.46 bits per heavy atom. The second-order valence-electron chi connectivity index (χ2n) is 6.66. The summed E-state index contributed by atoms with van der Waals surface area (Å²) in [6, 6.07) is 29.9. The topological polar surface area (TPSA) is 31.2 Å². The van der Waals surface area contributed by atoms with Crippen LogP contribution in [0.25, 0.3) is 16.8 Å². The molecular weight excluding hydrogens is 346 g/mol. The Hall–Kier alpha value is -3.59. The summed E-state index contributed by atoms with van der Waals surface area (Å²) in [6.07, 6.45) is 1.80. The highest BCUT2D eigenvalue weighted by atomic mass is 16.5. The SMILES string of the molecule is Cc1c(OCc2ccccc2)c(=O)ccn1-c1cccc(-c2ccccc2)c1. The third-order valence-electron chi connectivity index (χ3n) is 4.75. The van der Waals surface area contributed by atoms with Gasteiger partial charge in [0.1, 0.15) is 6.61 Å². The second kappa shape index (κ2) is 7.97. The zero-order valence-corrected chi connectivity index (χ0v) is 15.7. The largest absolute Gasteiger partial charge is 0.483 e. The first kappa shape index (κ1) is 17.8. The van der Waals surface area contributed by atoms with Gasteiger partial charge in [0.2, 0.25) is 5.43 Å². The van der Waals surface area contributed by atoms with Crippen LogP contribution in [0.4, 0.5) is 0 Å². The first-order valence-corrected chi connectivity index (χ1v) is 9.27. The summed E-state index contributed by atoms with van der Waals surface area (Å²) >= 11 is 0. The Morgan fingerprint density at radius 1 is 0.786 bits per heavy atom. The van der Waals surface area contributed by atoms with Gasteiger partial charge in [-0.1, -0.05) is 72.8 Å². The van der Waals surface area contributed by atoms with Crippen molar-refractivity contribution < 1.29 is 4.74 Å². The van der Waals surface area contributed by atoms with Crippen LogP contribution in [0.5, 0.6) is 5.75 Å². The number of aromatic nitrogens is 1. The zero-order valence-electron chi connectivity index (χ0n) is 15.7. The van der Waals surface area contributed by atoms with Crippen molar-refractivity contribution in [1.29, 1.82) is 0 Å². The van der Waals surface area contributed by atoms with Crippen LogP contribution in [0.3, 0.4) is 0 Å². The molecule has 0 N–H and O–H groups in total. The summed E-state index contributed by atoms with van der Waals surface area (Å²) in [5, 5.41) is 0. The standard InChI is InChI=1S/C25H21NO2/c1-19-25(28-18-20-9-4-2-5-10-20)24(27)15-16-26(19)23-14-8-13-22(17-23)21-11-6-3-7-12-21/h2-17H,18H2,1H3. The number of nitrogens with zero attached hydrogens (tertiary/aromatic N) is 1. The fourth-order valence-electron chi connectivity index (χ4n) is 3.27. The van der Waals surface area contributed by atoms with Crippen molar-refractivity contribution in [2.24, 2.45) is 0 Å². The molecule has 0 radical (unpaired) electrons. The first-order valence-electron chi connectivity index (χ1n) is 9.27. The quantitative estimate of drug-likeness (QED) is 0.473. The third kappa shape index (κ3) is 3.74. The fraction of sp³-hybridized carbons (Fsp3) is 0.0800. The molecule has 0 aliphatic heterocycles. The van der Waals surface area contributed by atoms with E-state index in [-0.39, 0.29) is 5.43 Å². The van der Waals surface area contributed by atoms with E-state index in [9.17, 15) is 4.79 Å². The molecule has 138 valence electrons. The average Bonchev–Trinajstić information content (AvgIpc) is 2.75. The Bertz CT molecular complexity index is 1130. The molecule has 4 rings (SSSR count). The summed E-state index contributed by atoms with van der Waals surface area (Å²) < 4.78 is 7.89. The molecular formula is C25H21NO2. The van der Waals surface area contributed by atoms with Gasteiger partial charge < -0.3 is 9.30 Å². The van der Waals surface area contributed by atoms with Gasteiger partial charge >= 0.3 is 0 Å². The van der Waals surface area contributed by atoms with Crippen LogP contribution in [-0.2, 0) is 6.61 Å². The number of benzene rings is 3. The van der Waals surface area contributed by atoms with Crippen molar-refractivity contribution in [3.8, 4) is 22.6 Å². The Labute approximate surface area is 164 Å². The second-order valence-corrected chi connectivity index (χ2v) is 6.66. The van der Waals surface area contributed by atoms with E-state index in [2.05, 4.69) is 24.3 Å². The van der Waals surface area contributed by atoms with E-state index in [1.807, 2.05) is 72.2 Å². The molecule has 0 unspecified atom stereocenters.